The maximum atomic E-state index is 12.8. The molecule has 0 aliphatic heterocycles. The van der Waals surface area contributed by atoms with Crippen LogP contribution >= 0.6 is 0 Å². The van der Waals surface area contributed by atoms with E-state index < -0.39 is 5.91 Å². The summed E-state index contributed by atoms with van der Waals surface area (Å²) in [5, 5.41) is 6.49. The SMILES string of the molecule is C/C(CC(=O)Nc1ccc(F)cc1)=N\NC(=O)COc1ccccc1C. The highest BCUT2D eigenvalue weighted by atomic mass is 19.1. The lowest BCUT2D eigenvalue weighted by atomic mass is 10.2. The van der Waals surface area contributed by atoms with Crippen molar-refractivity contribution in [3.05, 3.63) is 59.9 Å². The number of nitrogens with zero attached hydrogens (tertiary/aromatic N) is 1. The number of aryl methyl sites for hydroxylation is 1. The molecule has 26 heavy (non-hydrogen) atoms. The fraction of sp³-hybridized carbons (Fsp3) is 0.211. The third-order valence-electron chi connectivity index (χ3n) is 3.37. The van der Waals surface area contributed by atoms with E-state index in [1.807, 2.05) is 25.1 Å². The molecule has 0 aliphatic rings. The molecular formula is C19H20FN3O3. The Kier molecular flexibility index (Phi) is 6.84. The van der Waals surface area contributed by atoms with Crippen LogP contribution in [0.3, 0.4) is 0 Å². The first-order chi connectivity index (χ1) is 12.4. The van der Waals surface area contributed by atoms with Crippen LogP contribution in [0.4, 0.5) is 10.1 Å². The van der Waals surface area contributed by atoms with Gasteiger partial charge >= 0.3 is 0 Å². The number of para-hydroxylation sites is 1. The van der Waals surface area contributed by atoms with E-state index in [9.17, 15) is 14.0 Å². The number of nitrogens with one attached hydrogen (secondary N) is 2. The molecule has 2 amide bonds. The van der Waals surface area contributed by atoms with Crippen LogP contribution in [0.5, 0.6) is 5.75 Å². The van der Waals surface area contributed by atoms with Crippen LogP contribution in [0, 0.1) is 12.7 Å². The average Bonchev–Trinajstić information content (AvgIpc) is 2.61. The molecule has 0 bridgehead atoms. The number of hydrogen-bond acceptors (Lipinski definition) is 4. The third kappa shape index (κ3) is 6.35. The summed E-state index contributed by atoms with van der Waals surface area (Å²) in [6.45, 7) is 3.32. The van der Waals surface area contributed by atoms with Crippen molar-refractivity contribution in [1.29, 1.82) is 0 Å². The Morgan fingerprint density at radius 3 is 2.46 bits per heavy atom. The van der Waals surface area contributed by atoms with E-state index in [0.717, 1.165) is 5.56 Å². The molecule has 6 nitrogen and oxygen atoms in total. The molecule has 136 valence electrons. The summed E-state index contributed by atoms with van der Waals surface area (Å²) < 4.78 is 18.2. The van der Waals surface area contributed by atoms with Gasteiger partial charge in [-0.3, -0.25) is 9.59 Å². The van der Waals surface area contributed by atoms with Crippen LogP contribution in [0.2, 0.25) is 0 Å². The van der Waals surface area contributed by atoms with Gasteiger partial charge in [-0.05, 0) is 49.7 Å². The number of anilines is 1. The number of ether oxygens (including phenoxy) is 1. The number of hydrazone groups is 1. The Bertz CT molecular complexity index is 804. The van der Waals surface area contributed by atoms with Crippen molar-refractivity contribution in [2.75, 3.05) is 11.9 Å². The molecule has 0 atom stereocenters. The first-order valence-electron chi connectivity index (χ1n) is 8.00. The van der Waals surface area contributed by atoms with Crippen molar-refractivity contribution >= 4 is 23.2 Å². The number of hydrogen-bond donors (Lipinski definition) is 2. The second-order valence-corrected chi connectivity index (χ2v) is 5.67. The summed E-state index contributed by atoms with van der Waals surface area (Å²) in [5.74, 6) is -0.492. The lowest BCUT2D eigenvalue weighted by Gasteiger charge is -2.08. The van der Waals surface area contributed by atoms with Crippen molar-refractivity contribution in [3.63, 3.8) is 0 Å². The average molecular weight is 357 g/mol. The molecular weight excluding hydrogens is 337 g/mol. The second-order valence-electron chi connectivity index (χ2n) is 5.67. The molecule has 0 heterocycles. The molecule has 0 aromatic heterocycles. The zero-order valence-corrected chi connectivity index (χ0v) is 14.6. The standard InChI is InChI=1S/C19H20FN3O3/c1-13-5-3-4-6-17(13)26-12-19(25)23-22-14(2)11-18(24)21-16-9-7-15(20)8-10-16/h3-10H,11-12H2,1-2H3,(H,21,24)(H,23,25)/b22-14+. The summed E-state index contributed by atoms with van der Waals surface area (Å²) in [5.41, 5.74) is 4.18. The van der Waals surface area contributed by atoms with Gasteiger partial charge in [-0.25, -0.2) is 9.82 Å². The highest BCUT2D eigenvalue weighted by molar-refractivity contribution is 6.05. The zero-order chi connectivity index (χ0) is 18.9. The maximum Gasteiger partial charge on any atom is 0.277 e. The van der Waals surface area contributed by atoms with Gasteiger partial charge < -0.3 is 10.1 Å². The van der Waals surface area contributed by atoms with Crippen LogP contribution in [-0.2, 0) is 9.59 Å². The minimum Gasteiger partial charge on any atom is -0.483 e. The van der Waals surface area contributed by atoms with Crippen molar-refractivity contribution < 1.29 is 18.7 Å². The third-order valence-corrected chi connectivity index (χ3v) is 3.37. The predicted molar refractivity (Wildman–Crippen MR) is 97.6 cm³/mol. The van der Waals surface area contributed by atoms with Crippen LogP contribution < -0.4 is 15.5 Å². The Morgan fingerprint density at radius 1 is 1.08 bits per heavy atom. The van der Waals surface area contributed by atoms with Gasteiger partial charge in [0.05, 0.1) is 6.42 Å². The lowest BCUT2D eigenvalue weighted by molar-refractivity contribution is -0.123. The summed E-state index contributed by atoms with van der Waals surface area (Å²) in [6.07, 6.45) is -0.00366. The quantitative estimate of drug-likeness (QED) is 0.590. The smallest absolute Gasteiger partial charge is 0.277 e. The van der Waals surface area contributed by atoms with Gasteiger partial charge in [0.15, 0.2) is 6.61 Å². The van der Waals surface area contributed by atoms with E-state index >= 15 is 0 Å². The number of carbonyl (C=O) groups is 2. The number of halogens is 1. The predicted octanol–water partition coefficient (Wildman–Crippen LogP) is 3.03. The van der Waals surface area contributed by atoms with Gasteiger partial charge in [0.2, 0.25) is 5.91 Å². The monoisotopic (exact) mass is 357 g/mol. The fourth-order valence-electron chi connectivity index (χ4n) is 2.06. The summed E-state index contributed by atoms with van der Waals surface area (Å²) in [6, 6.07) is 12.8. The van der Waals surface area contributed by atoms with Crippen molar-refractivity contribution in [1.82, 2.24) is 5.43 Å². The zero-order valence-electron chi connectivity index (χ0n) is 14.6. The van der Waals surface area contributed by atoms with Gasteiger partial charge in [-0.1, -0.05) is 18.2 Å². The highest BCUT2D eigenvalue weighted by Crippen LogP contribution is 2.15. The summed E-state index contributed by atoms with van der Waals surface area (Å²) in [4.78, 5) is 23.6. The van der Waals surface area contributed by atoms with Crippen LogP contribution in [0.1, 0.15) is 18.9 Å². The largest absolute Gasteiger partial charge is 0.483 e. The molecule has 0 saturated heterocycles. The molecule has 0 fully saturated rings. The Labute approximate surface area is 151 Å². The minimum atomic E-state index is -0.424. The van der Waals surface area contributed by atoms with Crippen molar-refractivity contribution in [3.8, 4) is 5.75 Å². The Morgan fingerprint density at radius 2 is 1.77 bits per heavy atom. The van der Waals surface area contributed by atoms with E-state index in [-0.39, 0.29) is 24.8 Å². The van der Waals surface area contributed by atoms with Crippen molar-refractivity contribution in [2.24, 2.45) is 5.10 Å². The molecule has 2 aromatic carbocycles. The number of benzene rings is 2. The first-order valence-corrected chi connectivity index (χ1v) is 8.00. The number of rotatable bonds is 7. The van der Waals surface area contributed by atoms with E-state index in [1.165, 1.54) is 24.3 Å². The van der Waals surface area contributed by atoms with E-state index in [2.05, 4.69) is 15.8 Å². The summed E-state index contributed by atoms with van der Waals surface area (Å²) in [7, 11) is 0. The molecule has 0 saturated carbocycles. The first kappa shape index (κ1) is 19.1. The maximum absolute atomic E-state index is 12.8. The molecule has 2 rings (SSSR count). The molecule has 0 unspecified atom stereocenters. The molecule has 7 heteroatoms. The van der Waals surface area contributed by atoms with Crippen LogP contribution in [-0.4, -0.2) is 24.1 Å². The lowest BCUT2D eigenvalue weighted by Crippen LogP contribution is -2.26. The van der Waals surface area contributed by atoms with Gasteiger partial charge in [0.1, 0.15) is 11.6 Å². The number of carbonyl (C=O) groups excluding carboxylic acids is 2. The van der Waals surface area contributed by atoms with Gasteiger partial charge in [0, 0.05) is 11.4 Å². The highest BCUT2D eigenvalue weighted by Gasteiger charge is 2.07. The molecule has 0 aliphatic carbocycles. The van der Waals surface area contributed by atoms with E-state index in [0.29, 0.717) is 17.1 Å². The number of amides is 2. The Hall–Kier alpha value is -3.22. The Balaban J connectivity index is 1.76. The van der Waals surface area contributed by atoms with E-state index in [1.54, 1.807) is 13.0 Å². The normalized spacial score (nSPS) is 11.0. The van der Waals surface area contributed by atoms with Gasteiger partial charge in [-0.15, -0.1) is 0 Å². The van der Waals surface area contributed by atoms with E-state index in [4.69, 9.17) is 4.74 Å². The summed E-state index contributed by atoms with van der Waals surface area (Å²) >= 11 is 0. The minimum absolute atomic E-state index is 0.00366. The topological polar surface area (TPSA) is 79.8 Å². The molecule has 0 radical (unpaired) electrons. The van der Waals surface area contributed by atoms with Crippen LogP contribution in [0.25, 0.3) is 0 Å². The fourth-order valence-corrected chi connectivity index (χ4v) is 2.06. The molecule has 2 aromatic rings. The van der Waals surface area contributed by atoms with Gasteiger partial charge in [-0.2, -0.15) is 5.10 Å². The van der Waals surface area contributed by atoms with Crippen molar-refractivity contribution in [2.45, 2.75) is 20.3 Å². The molecule has 0 spiro atoms. The van der Waals surface area contributed by atoms with Gasteiger partial charge in [0.25, 0.3) is 5.91 Å². The second kappa shape index (κ2) is 9.31. The molecule has 2 N–H and O–H groups in total. The van der Waals surface area contributed by atoms with Crippen LogP contribution in [0.15, 0.2) is 53.6 Å².